The van der Waals surface area contributed by atoms with Crippen LogP contribution in [-0.4, -0.2) is 18.9 Å². The number of carbonyl (C=O) groups excluding carboxylic acids is 2. The van der Waals surface area contributed by atoms with Crippen molar-refractivity contribution in [2.45, 2.75) is 25.7 Å². The minimum atomic E-state index is -0.138. The van der Waals surface area contributed by atoms with Gasteiger partial charge in [0.05, 0.1) is 13.0 Å². The fraction of sp³-hybridized carbons (Fsp3) is 0.467. The number of carbonyl (C=O) groups is 2. The van der Waals surface area contributed by atoms with Crippen molar-refractivity contribution in [1.82, 2.24) is 0 Å². The second-order valence-electron chi connectivity index (χ2n) is 4.80. The number of benzene rings is 1. The lowest BCUT2D eigenvalue weighted by atomic mass is 9.78. The van der Waals surface area contributed by atoms with Crippen LogP contribution in [0.5, 0.6) is 0 Å². The standard InChI is InChI=1S/C15H18O3/c1-18-15(17)13-9-7-12(8-10-13)14(16)11-5-3-2-4-6-11/h2-6,12-13H,7-10H2,1H3. The first-order chi connectivity index (χ1) is 8.72. The molecule has 3 nitrogen and oxygen atoms in total. The first-order valence-corrected chi connectivity index (χ1v) is 6.39. The van der Waals surface area contributed by atoms with E-state index in [1.807, 2.05) is 30.3 Å². The Labute approximate surface area is 107 Å². The predicted molar refractivity (Wildman–Crippen MR) is 68.2 cm³/mol. The summed E-state index contributed by atoms with van der Waals surface area (Å²) in [5, 5.41) is 0. The Kier molecular flexibility index (Phi) is 4.13. The molecular weight excluding hydrogens is 228 g/mol. The fourth-order valence-electron chi connectivity index (χ4n) is 2.60. The average Bonchev–Trinajstić information content (AvgIpc) is 2.47. The van der Waals surface area contributed by atoms with Gasteiger partial charge in [0.2, 0.25) is 0 Å². The Balaban J connectivity index is 1.94. The van der Waals surface area contributed by atoms with Gasteiger partial charge in [0, 0.05) is 11.5 Å². The van der Waals surface area contributed by atoms with Gasteiger partial charge in [0.1, 0.15) is 0 Å². The number of rotatable bonds is 3. The van der Waals surface area contributed by atoms with Crippen molar-refractivity contribution in [3.63, 3.8) is 0 Å². The van der Waals surface area contributed by atoms with E-state index in [9.17, 15) is 9.59 Å². The molecule has 1 aliphatic carbocycles. The highest BCUT2D eigenvalue weighted by Crippen LogP contribution is 2.31. The zero-order chi connectivity index (χ0) is 13.0. The van der Waals surface area contributed by atoms with E-state index < -0.39 is 0 Å². The lowest BCUT2D eigenvalue weighted by Gasteiger charge is -2.25. The first kappa shape index (κ1) is 12.8. The molecule has 3 heteroatoms. The summed E-state index contributed by atoms with van der Waals surface area (Å²) in [5.74, 6) is 0.114. The van der Waals surface area contributed by atoms with E-state index in [0.29, 0.717) is 0 Å². The van der Waals surface area contributed by atoms with E-state index in [2.05, 4.69) is 0 Å². The Morgan fingerprint density at radius 1 is 1.00 bits per heavy atom. The Morgan fingerprint density at radius 3 is 2.11 bits per heavy atom. The maximum atomic E-state index is 12.2. The summed E-state index contributed by atoms with van der Waals surface area (Å²) in [5.41, 5.74) is 0.777. The highest BCUT2D eigenvalue weighted by Gasteiger charge is 2.30. The highest BCUT2D eigenvalue weighted by molar-refractivity contribution is 5.97. The van der Waals surface area contributed by atoms with Gasteiger partial charge in [-0.05, 0) is 25.7 Å². The quantitative estimate of drug-likeness (QED) is 0.608. The minimum absolute atomic E-state index is 0.0187. The van der Waals surface area contributed by atoms with Gasteiger partial charge in [-0.25, -0.2) is 0 Å². The second-order valence-corrected chi connectivity index (χ2v) is 4.80. The van der Waals surface area contributed by atoms with Crippen LogP contribution in [0.3, 0.4) is 0 Å². The lowest BCUT2D eigenvalue weighted by molar-refractivity contribution is -0.146. The van der Waals surface area contributed by atoms with Crippen molar-refractivity contribution < 1.29 is 14.3 Å². The SMILES string of the molecule is COC(=O)C1CCC(C(=O)c2ccccc2)CC1. The molecule has 1 aromatic rings. The molecule has 0 bridgehead atoms. The number of hydrogen-bond acceptors (Lipinski definition) is 3. The molecule has 1 fully saturated rings. The van der Waals surface area contributed by atoms with E-state index in [1.54, 1.807) is 0 Å². The molecule has 1 aromatic carbocycles. The number of Topliss-reactive ketones (excluding diaryl/α,β-unsaturated/α-hetero) is 1. The van der Waals surface area contributed by atoms with Gasteiger partial charge in [-0.2, -0.15) is 0 Å². The van der Waals surface area contributed by atoms with Crippen LogP contribution < -0.4 is 0 Å². The van der Waals surface area contributed by atoms with E-state index in [-0.39, 0.29) is 23.6 Å². The molecule has 96 valence electrons. The van der Waals surface area contributed by atoms with E-state index in [4.69, 9.17) is 4.74 Å². The van der Waals surface area contributed by atoms with Crippen LogP contribution in [0.2, 0.25) is 0 Å². The average molecular weight is 246 g/mol. The second kappa shape index (κ2) is 5.80. The van der Waals surface area contributed by atoms with Gasteiger partial charge in [0.15, 0.2) is 5.78 Å². The Hall–Kier alpha value is -1.64. The number of esters is 1. The van der Waals surface area contributed by atoms with Crippen molar-refractivity contribution in [2.24, 2.45) is 11.8 Å². The molecular formula is C15H18O3. The van der Waals surface area contributed by atoms with Crippen LogP contribution in [0, 0.1) is 11.8 Å². The topological polar surface area (TPSA) is 43.4 Å². The number of methoxy groups -OCH3 is 1. The van der Waals surface area contributed by atoms with E-state index >= 15 is 0 Å². The molecule has 1 saturated carbocycles. The monoisotopic (exact) mass is 246 g/mol. The maximum absolute atomic E-state index is 12.2. The summed E-state index contributed by atoms with van der Waals surface area (Å²) in [6.07, 6.45) is 3.09. The molecule has 0 saturated heterocycles. The van der Waals surface area contributed by atoms with Crippen LogP contribution in [0.25, 0.3) is 0 Å². The summed E-state index contributed by atoms with van der Waals surface area (Å²) < 4.78 is 4.75. The number of ketones is 1. The maximum Gasteiger partial charge on any atom is 0.308 e. The molecule has 0 heterocycles. The van der Waals surface area contributed by atoms with Crippen LogP contribution in [0.4, 0.5) is 0 Å². The molecule has 0 radical (unpaired) electrons. The number of hydrogen-bond donors (Lipinski definition) is 0. The van der Waals surface area contributed by atoms with Crippen LogP contribution in [0.15, 0.2) is 30.3 Å². The Morgan fingerprint density at radius 2 is 1.56 bits per heavy atom. The zero-order valence-electron chi connectivity index (χ0n) is 10.6. The van der Waals surface area contributed by atoms with Crippen molar-refractivity contribution in [3.05, 3.63) is 35.9 Å². The zero-order valence-corrected chi connectivity index (χ0v) is 10.6. The molecule has 0 atom stereocenters. The van der Waals surface area contributed by atoms with Crippen molar-refractivity contribution >= 4 is 11.8 Å². The van der Waals surface area contributed by atoms with Crippen molar-refractivity contribution in [1.29, 1.82) is 0 Å². The predicted octanol–water partition coefficient (Wildman–Crippen LogP) is 2.85. The van der Waals surface area contributed by atoms with E-state index in [1.165, 1.54) is 7.11 Å². The molecule has 0 aromatic heterocycles. The van der Waals surface area contributed by atoms with Crippen LogP contribution >= 0.6 is 0 Å². The van der Waals surface area contributed by atoms with Gasteiger partial charge in [0.25, 0.3) is 0 Å². The fourth-order valence-corrected chi connectivity index (χ4v) is 2.60. The normalized spacial score (nSPS) is 23.4. The van der Waals surface area contributed by atoms with Gasteiger partial charge >= 0.3 is 5.97 Å². The largest absolute Gasteiger partial charge is 0.469 e. The summed E-state index contributed by atoms with van der Waals surface area (Å²) in [4.78, 5) is 23.6. The van der Waals surface area contributed by atoms with Gasteiger partial charge in [-0.3, -0.25) is 9.59 Å². The van der Waals surface area contributed by atoms with Crippen LogP contribution in [-0.2, 0) is 9.53 Å². The van der Waals surface area contributed by atoms with Crippen molar-refractivity contribution in [3.8, 4) is 0 Å². The van der Waals surface area contributed by atoms with E-state index in [0.717, 1.165) is 31.2 Å². The molecule has 0 N–H and O–H groups in total. The third-order valence-corrected chi connectivity index (χ3v) is 3.69. The lowest BCUT2D eigenvalue weighted by Crippen LogP contribution is -2.26. The third-order valence-electron chi connectivity index (χ3n) is 3.69. The highest BCUT2D eigenvalue weighted by atomic mass is 16.5. The molecule has 1 aliphatic rings. The molecule has 18 heavy (non-hydrogen) atoms. The van der Waals surface area contributed by atoms with Gasteiger partial charge in [-0.15, -0.1) is 0 Å². The molecule has 2 rings (SSSR count). The summed E-state index contributed by atoms with van der Waals surface area (Å²) in [6.45, 7) is 0. The summed E-state index contributed by atoms with van der Waals surface area (Å²) in [6, 6.07) is 9.38. The molecule has 0 aliphatic heterocycles. The summed E-state index contributed by atoms with van der Waals surface area (Å²) in [7, 11) is 1.42. The Bertz CT molecular complexity index is 417. The number of ether oxygens (including phenoxy) is 1. The third kappa shape index (κ3) is 2.78. The van der Waals surface area contributed by atoms with Crippen LogP contribution in [0.1, 0.15) is 36.0 Å². The minimum Gasteiger partial charge on any atom is -0.469 e. The first-order valence-electron chi connectivity index (χ1n) is 6.39. The molecule has 0 spiro atoms. The molecule has 0 unspecified atom stereocenters. The van der Waals surface area contributed by atoms with Gasteiger partial charge in [-0.1, -0.05) is 30.3 Å². The van der Waals surface area contributed by atoms with Crippen molar-refractivity contribution in [2.75, 3.05) is 7.11 Å². The summed E-state index contributed by atoms with van der Waals surface area (Å²) >= 11 is 0. The molecule has 0 amide bonds. The smallest absolute Gasteiger partial charge is 0.308 e. The van der Waals surface area contributed by atoms with Gasteiger partial charge < -0.3 is 4.74 Å².